The number of anilines is 1. The molecule has 9 nitrogen and oxygen atoms in total. The number of hydrogen-bond donors (Lipinski definition) is 2. The Bertz CT molecular complexity index is 1300. The molecular weight excluding hydrogens is 464 g/mol. The first-order valence-electron chi connectivity index (χ1n) is 11.9. The molecule has 184 valence electrons. The lowest BCUT2D eigenvalue weighted by Crippen LogP contribution is -2.43. The first kappa shape index (κ1) is 23.8. The van der Waals surface area contributed by atoms with Crippen LogP contribution in [0.3, 0.4) is 0 Å². The summed E-state index contributed by atoms with van der Waals surface area (Å²) in [4.78, 5) is 36.5. The van der Waals surface area contributed by atoms with E-state index in [-0.39, 0.29) is 11.6 Å². The second-order valence-electron chi connectivity index (χ2n) is 9.00. The van der Waals surface area contributed by atoms with E-state index in [0.29, 0.717) is 30.7 Å². The zero-order valence-corrected chi connectivity index (χ0v) is 20.9. The van der Waals surface area contributed by atoms with Gasteiger partial charge in [-0.1, -0.05) is 0 Å². The van der Waals surface area contributed by atoms with E-state index >= 15 is 0 Å². The SMILES string of the molecule is COc1ccc2c(C)nc(=O)n(CCN3CCC(NCc4ccc5c(n4)NC(=O)CS5)CC3)c2c1. The van der Waals surface area contributed by atoms with Gasteiger partial charge in [0.1, 0.15) is 11.6 Å². The van der Waals surface area contributed by atoms with E-state index in [0.717, 1.165) is 65.4 Å². The number of fused-ring (bicyclic) bond motifs is 2. The number of benzene rings is 1. The number of methoxy groups -OCH3 is 1. The summed E-state index contributed by atoms with van der Waals surface area (Å²) in [6, 6.07) is 10.3. The quantitative estimate of drug-likeness (QED) is 0.517. The predicted molar refractivity (Wildman–Crippen MR) is 137 cm³/mol. The lowest BCUT2D eigenvalue weighted by molar-refractivity contribution is -0.113. The van der Waals surface area contributed by atoms with Crippen LogP contribution < -0.4 is 21.1 Å². The van der Waals surface area contributed by atoms with Gasteiger partial charge in [-0.2, -0.15) is 4.98 Å². The lowest BCUT2D eigenvalue weighted by atomic mass is 10.0. The maximum Gasteiger partial charge on any atom is 0.348 e. The third-order valence-corrected chi connectivity index (χ3v) is 7.76. The van der Waals surface area contributed by atoms with Gasteiger partial charge in [-0.05, 0) is 57.1 Å². The summed E-state index contributed by atoms with van der Waals surface area (Å²) in [6.45, 7) is 5.88. The molecule has 5 rings (SSSR count). The van der Waals surface area contributed by atoms with Crippen LogP contribution in [0, 0.1) is 6.92 Å². The summed E-state index contributed by atoms with van der Waals surface area (Å²) in [5, 5.41) is 7.44. The van der Waals surface area contributed by atoms with Crippen LogP contribution in [0.5, 0.6) is 5.75 Å². The van der Waals surface area contributed by atoms with Gasteiger partial charge in [-0.25, -0.2) is 9.78 Å². The molecule has 0 radical (unpaired) electrons. The van der Waals surface area contributed by atoms with Crippen LogP contribution in [0.15, 0.2) is 40.0 Å². The molecule has 2 aromatic heterocycles. The Morgan fingerprint density at radius 3 is 2.77 bits per heavy atom. The maximum atomic E-state index is 12.7. The summed E-state index contributed by atoms with van der Waals surface area (Å²) < 4.78 is 7.13. The number of ether oxygens (including phenoxy) is 1. The number of carbonyl (C=O) groups excluding carboxylic acids is 1. The second kappa shape index (κ2) is 10.3. The molecule has 2 N–H and O–H groups in total. The minimum atomic E-state index is -0.216. The second-order valence-corrected chi connectivity index (χ2v) is 10.0. The standard InChI is InChI=1S/C25H30N6O3S/c1-16-20-5-4-19(34-2)13-21(20)31(25(33)27-16)12-11-30-9-7-17(8-10-30)26-14-18-3-6-22-24(28-18)29-23(32)15-35-22/h3-6,13,17,26H,7-12,14-15H2,1-2H3,(H,28,29,32). The average molecular weight is 495 g/mol. The molecule has 0 atom stereocenters. The summed E-state index contributed by atoms with van der Waals surface area (Å²) in [5.41, 5.74) is 2.32. The van der Waals surface area contributed by atoms with Crippen LogP contribution in [0.1, 0.15) is 24.2 Å². The fraction of sp³-hybridized carbons (Fsp3) is 0.440. The van der Waals surface area contributed by atoms with Crippen molar-refractivity contribution in [2.24, 2.45) is 0 Å². The van der Waals surface area contributed by atoms with E-state index in [1.807, 2.05) is 37.3 Å². The van der Waals surface area contributed by atoms with Crippen molar-refractivity contribution >= 4 is 34.4 Å². The predicted octanol–water partition coefficient (Wildman–Crippen LogP) is 2.41. The fourth-order valence-corrected chi connectivity index (χ4v) is 5.46. The van der Waals surface area contributed by atoms with Crippen LogP contribution in [0.4, 0.5) is 5.82 Å². The van der Waals surface area contributed by atoms with Gasteiger partial charge >= 0.3 is 5.69 Å². The Balaban J connectivity index is 1.15. The number of likely N-dealkylation sites (tertiary alicyclic amines) is 1. The topological polar surface area (TPSA) is 101 Å². The fourth-order valence-electron chi connectivity index (χ4n) is 4.70. The minimum absolute atomic E-state index is 0.00305. The number of aromatic nitrogens is 3. The first-order chi connectivity index (χ1) is 17.0. The zero-order valence-electron chi connectivity index (χ0n) is 20.0. The van der Waals surface area contributed by atoms with Crippen LogP contribution in [-0.4, -0.2) is 63.9 Å². The molecule has 2 aliphatic rings. The van der Waals surface area contributed by atoms with Crippen LogP contribution in [0.25, 0.3) is 10.9 Å². The monoisotopic (exact) mass is 494 g/mol. The molecule has 10 heteroatoms. The average Bonchev–Trinajstić information content (AvgIpc) is 2.87. The van der Waals surface area contributed by atoms with Crippen molar-refractivity contribution in [3.8, 4) is 5.75 Å². The van der Waals surface area contributed by atoms with Gasteiger partial charge in [0.15, 0.2) is 0 Å². The number of piperidine rings is 1. The van der Waals surface area contributed by atoms with Gasteiger partial charge in [0.05, 0.1) is 34.7 Å². The highest BCUT2D eigenvalue weighted by Gasteiger charge is 2.21. The smallest absolute Gasteiger partial charge is 0.348 e. The summed E-state index contributed by atoms with van der Waals surface area (Å²) in [5.74, 6) is 1.86. The van der Waals surface area contributed by atoms with Gasteiger partial charge in [0, 0.05) is 37.1 Å². The van der Waals surface area contributed by atoms with Gasteiger partial charge in [0.2, 0.25) is 5.91 Å². The number of nitrogens with one attached hydrogen (secondary N) is 2. The summed E-state index contributed by atoms with van der Waals surface area (Å²) in [6.07, 6.45) is 2.07. The highest BCUT2D eigenvalue weighted by molar-refractivity contribution is 8.00. The van der Waals surface area contributed by atoms with Crippen molar-refractivity contribution in [2.75, 3.05) is 37.8 Å². The van der Waals surface area contributed by atoms with E-state index in [2.05, 4.69) is 25.5 Å². The molecule has 1 fully saturated rings. The van der Waals surface area contributed by atoms with E-state index in [4.69, 9.17) is 4.74 Å². The molecule has 0 unspecified atom stereocenters. The van der Waals surface area contributed by atoms with Crippen LogP contribution in [-0.2, 0) is 17.9 Å². The Morgan fingerprint density at radius 2 is 1.97 bits per heavy atom. The van der Waals surface area contributed by atoms with Crippen LogP contribution in [0.2, 0.25) is 0 Å². The number of carbonyl (C=O) groups is 1. The Hall–Kier alpha value is -2.95. The van der Waals surface area contributed by atoms with Crippen molar-refractivity contribution < 1.29 is 9.53 Å². The van der Waals surface area contributed by atoms with E-state index in [1.165, 1.54) is 11.8 Å². The zero-order chi connectivity index (χ0) is 24.4. The van der Waals surface area contributed by atoms with Crippen LogP contribution >= 0.6 is 11.8 Å². The number of aryl methyl sites for hydroxylation is 1. The van der Waals surface area contributed by atoms with Crippen molar-refractivity contribution in [1.29, 1.82) is 0 Å². The molecular formula is C25H30N6O3S. The normalized spacial score (nSPS) is 16.8. The molecule has 3 aromatic rings. The molecule has 1 amide bonds. The highest BCUT2D eigenvalue weighted by atomic mass is 32.2. The van der Waals surface area contributed by atoms with Gasteiger partial charge in [-0.15, -0.1) is 11.8 Å². The van der Waals surface area contributed by atoms with Crippen molar-refractivity contribution in [1.82, 2.24) is 24.8 Å². The molecule has 0 aliphatic carbocycles. The summed E-state index contributed by atoms with van der Waals surface area (Å²) in [7, 11) is 1.63. The third kappa shape index (κ3) is 5.34. The Labute approximate surface area is 208 Å². The maximum absolute atomic E-state index is 12.7. The molecule has 0 saturated carbocycles. The van der Waals surface area contributed by atoms with E-state index in [9.17, 15) is 9.59 Å². The van der Waals surface area contributed by atoms with E-state index in [1.54, 1.807) is 11.7 Å². The number of amides is 1. The number of nitrogens with zero attached hydrogens (tertiary/aromatic N) is 4. The van der Waals surface area contributed by atoms with Crippen molar-refractivity contribution in [3.05, 3.63) is 52.2 Å². The highest BCUT2D eigenvalue weighted by Crippen LogP contribution is 2.29. The minimum Gasteiger partial charge on any atom is -0.497 e. The summed E-state index contributed by atoms with van der Waals surface area (Å²) >= 11 is 1.53. The number of thioether (sulfide) groups is 1. The van der Waals surface area contributed by atoms with Gasteiger partial charge < -0.3 is 20.3 Å². The van der Waals surface area contributed by atoms with Gasteiger partial charge in [0.25, 0.3) is 0 Å². The lowest BCUT2D eigenvalue weighted by Gasteiger charge is -2.32. The number of pyridine rings is 1. The molecule has 1 saturated heterocycles. The Kier molecular flexibility index (Phi) is 7.03. The molecule has 35 heavy (non-hydrogen) atoms. The number of hydrogen-bond acceptors (Lipinski definition) is 8. The molecule has 0 bridgehead atoms. The van der Waals surface area contributed by atoms with Gasteiger partial charge in [-0.3, -0.25) is 9.36 Å². The Morgan fingerprint density at radius 1 is 1.14 bits per heavy atom. The molecule has 4 heterocycles. The van der Waals surface area contributed by atoms with Crippen molar-refractivity contribution in [2.45, 2.75) is 43.8 Å². The first-order valence-corrected chi connectivity index (χ1v) is 12.9. The number of rotatable bonds is 7. The third-order valence-electron chi connectivity index (χ3n) is 6.71. The molecule has 0 spiro atoms. The molecule has 2 aliphatic heterocycles. The largest absolute Gasteiger partial charge is 0.497 e. The molecule has 1 aromatic carbocycles. The van der Waals surface area contributed by atoms with E-state index < -0.39 is 0 Å². The van der Waals surface area contributed by atoms with Crippen molar-refractivity contribution in [3.63, 3.8) is 0 Å².